The predicted octanol–water partition coefficient (Wildman–Crippen LogP) is 4.52. The van der Waals surface area contributed by atoms with Crippen molar-refractivity contribution in [3.05, 3.63) is 59.2 Å². The van der Waals surface area contributed by atoms with Gasteiger partial charge >= 0.3 is 11.9 Å². The molecule has 6 nitrogen and oxygen atoms in total. The van der Waals surface area contributed by atoms with E-state index in [9.17, 15) is 9.59 Å². The van der Waals surface area contributed by atoms with Gasteiger partial charge in [0.25, 0.3) is 0 Å². The number of ether oxygens (including phenoxy) is 4. The first kappa shape index (κ1) is 20.7. The molecule has 2 aromatic carbocycles. The van der Waals surface area contributed by atoms with E-state index >= 15 is 0 Å². The normalized spacial score (nSPS) is 19.9. The van der Waals surface area contributed by atoms with Crippen LogP contribution in [-0.4, -0.2) is 19.0 Å². The Kier molecular flexibility index (Phi) is 6.42. The molecule has 6 heteroatoms. The third-order valence-corrected chi connectivity index (χ3v) is 5.05. The lowest BCUT2D eigenvalue weighted by Crippen LogP contribution is -2.19. The maximum atomic E-state index is 11.8. The lowest BCUT2D eigenvalue weighted by Gasteiger charge is -2.23. The molecule has 0 saturated heterocycles. The van der Waals surface area contributed by atoms with Crippen molar-refractivity contribution < 1.29 is 28.5 Å². The third-order valence-electron chi connectivity index (χ3n) is 5.05. The summed E-state index contributed by atoms with van der Waals surface area (Å²) in [5.74, 6) is 0.152. The molecule has 3 atom stereocenters. The average Bonchev–Trinajstić information content (AvgIpc) is 2.98. The molecule has 0 bridgehead atoms. The lowest BCUT2D eigenvalue weighted by atomic mass is 9.98. The molecule has 29 heavy (non-hydrogen) atoms. The van der Waals surface area contributed by atoms with Crippen LogP contribution in [0.5, 0.6) is 11.5 Å². The highest BCUT2D eigenvalue weighted by molar-refractivity contribution is 5.68. The van der Waals surface area contributed by atoms with Gasteiger partial charge in [0, 0.05) is 37.0 Å². The monoisotopic (exact) mass is 398 g/mol. The van der Waals surface area contributed by atoms with Crippen LogP contribution in [-0.2, 0) is 25.7 Å². The van der Waals surface area contributed by atoms with Crippen molar-refractivity contribution in [1.82, 2.24) is 0 Å². The van der Waals surface area contributed by atoms with Crippen LogP contribution in [0.15, 0.2) is 42.5 Å². The lowest BCUT2D eigenvalue weighted by molar-refractivity contribution is -0.157. The van der Waals surface area contributed by atoms with Crippen LogP contribution in [0.2, 0.25) is 0 Å². The van der Waals surface area contributed by atoms with Crippen molar-refractivity contribution in [3.63, 3.8) is 0 Å². The van der Waals surface area contributed by atoms with Gasteiger partial charge in [-0.2, -0.15) is 0 Å². The number of fused-ring (bicyclic) bond motifs is 1. The number of hydrogen-bond donors (Lipinski definition) is 0. The molecule has 0 N–H and O–H groups in total. The number of carbonyl (C=O) groups excluding carboxylic acids is 2. The summed E-state index contributed by atoms with van der Waals surface area (Å²) in [7, 11) is 1.57. The molecular formula is C23H26O6. The summed E-state index contributed by atoms with van der Waals surface area (Å²) in [6.07, 6.45) is -0.440. The quantitative estimate of drug-likeness (QED) is 0.639. The number of carbonyl (C=O) groups is 2. The molecule has 0 heterocycles. The zero-order chi connectivity index (χ0) is 21.0. The number of rotatable bonds is 7. The van der Waals surface area contributed by atoms with E-state index in [0.717, 1.165) is 16.7 Å². The Bertz CT molecular complexity index is 876. The van der Waals surface area contributed by atoms with E-state index in [1.54, 1.807) is 13.2 Å². The molecule has 3 unspecified atom stereocenters. The Morgan fingerprint density at radius 1 is 0.966 bits per heavy atom. The van der Waals surface area contributed by atoms with Crippen molar-refractivity contribution in [2.45, 2.75) is 46.0 Å². The van der Waals surface area contributed by atoms with Gasteiger partial charge in [-0.05, 0) is 18.1 Å². The SMILES string of the molecule is CCC1C(OC(C)=O)c2cc(OC)cc(OCc3ccccc3)c2C1OC(C)=O. The molecule has 0 spiro atoms. The summed E-state index contributed by atoms with van der Waals surface area (Å²) in [6.45, 7) is 5.08. The second-order valence-corrected chi connectivity index (χ2v) is 7.03. The van der Waals surface area contributed by atoms with E-state index in [1.165, 1.54) is 13.8 Å². The highest BCUT2D eigenvalue weighted by Gasteiger charge is 2.46. The Morgan fingerprint density at radius 3 is 2.21 bits per heavy atom. The molecule has 1 aliphatic carbocycles. The highest BCUT2D eigenvalue weighted by Crippen LogP contribution is 2.54. The second-order valence-electron chi connectivity index (χ2n) is 7.03. The van der Waals surface area contributed by atoms with E-state index in [1.807, 2.05) is 43.3 Å². The van der Waals surface area contributed by atoms with Gasteiger partial charge in [0.2, 0.25) is 0 Å². The fourth-order valence-corrected chi connectivity index (χ4v) is 3.82. The molecule has 0 saturated carbocycles. The van der Waals surface area contributed by atoms with Crippen LogP contribution in [0, 0.1) is 5.92 Å². The topological polar surface area (TPSA) is 71.1 Å². The minimum absolute atomic E-state index is 0.205. The molecule has 0 aliphatic heterocycles. The Hall–Kier alpha value is -3.02. The first-order valence-corrected chi connectivity index (χ1v) is 9.67. The molecule has 2 aromatic rings. The molecule has 0 fully saturated rings. The van der Waals surface area contributed by atoms with Gasteiger partial charge in [-0.1, -0.05) is 37.3 Å². The molecule has 154 valence electrons. The molecule has 3 rings (SSSR count). The fourth-order valence-electron chi connectivity index (χ4n) is 3.82. The van der Waals surface area contributed by atoms with Crippen molar-refractivity contribution in [1.29, 1.82) is 0 Å². The smallest absolute Gasteiger partial charge is 0.303 e. The number of hydrogen-bond acceptors (Lipinski definition) is 6. The summed E-state index contributed by atoms with van der Waals surface area (Å²) >= 11 is 0. The molecular weight excluding hydrogens is 372 g/mol. The molecule has 0 amide bonds. The number of methoxy groups -OCH3 is 1. The fraction of sp³-hybridized carbons (Fsp3) is 0.391. The van der Waals surface area contributed by atoms with Crippen molar-refractivity contribution in [3.8, 4) is 11.5 Å². The zero-order valence-corrected chi connectivity index (χ0v) is 17.1. The summed E-state index contributed by atoms with van der Waals surface area (Å²) in [5.41, 5.74) is 2.49. The van der Waals surface area contributed by atoms with Gasteiger partial charge < -0.3 is 18.9 Å². The Balaban J connectivity index is 2.06. The standard InChI is InChI=1S/C23H26O6/c1-5-18-22(28-14(2)24)19-11-17(26-4)12-20(21(19)23(18)29-15(3)25)27-13-16-9-7-6-8-10-16/h6-12,18,22-23H,5,13H2,1-4H3. The van der Waals surface area contributed by atoms with E-state index in [0.29, 0.717) is 24.5 Å². The summed E-state index contributed by atoms with van der Waals surface area (Å²) in [4.78, 5) is 23.6. The summed E-state index contributed by atoms with van der Waals surface area (Å²) < 4.78 is 22.9. The van der Waals surface area contributed by atoms with Crippen molar-refractivity contribution in [2.75, 3.05) is 7.11 Å². The van der Waals surface area contributed by atoms with Gasteiger partial charge in [0.05, 0.1) is 7.11 Å². The van der Waals surface area contributed by atoms with E-state index in [-0.39, 0.29) is 5.92 Å². The first-order chi connectivity index (χ1) is 13.9. The molecule has 0 aromatic heterocycles. The predicted molar refractivity (Wildman–Crippen MR) is 107 cm³/mol. The zero-order valence-electron chi connectivity index (χ0n) is 17.1. The number of esters is 2. The molecule has 1 aliphatic rings. The van der Waals surface area contributed by atoms with Crippen LogP contribution >= 0.6 is 0 Å². The van der Waals surface area contributed by atoms with Crippen molar-refractivity contribution >= 4 is 11.9 Å². The van der Waals surface area contributed by atoms with Crippen LogP contribution in [0.3, 0.4) is 0 Å². The Labute approximate surface area is 170 Å². The van der Waals surface area contributed by atoms with Gasteiger partial charge in [-0.3, -0.25) is 9.59 Å². The van der Waals surface area contributed by atoms with E-state index in [2.05, 4.69) is 0 Å². The largest absolute Gasteiger partial charge is 0.497 e. The second kappa shape index (κ2) is 8.99. The van der Waals surface area contributed by atoms with Gasteiger partial charge in [-0.25, -0.2) is 0 Å². The molecule has 0 radical (unpaired) electrons. The van der Waals surface area contributed by atoms with Crippen LogP contribution in [0.1, 0.15) is 56.1 Å². The third kappa shape index (κ3) is 4.53. The maximum absolute atomic E-state index is 11.8. The minimum Gasteiger partial charge on any atom is -0.497 e. The van der Waals surface area contributed by atoms with Gasteiger partial charge in [0.1, 0.15) is 30.3 Å². The van der Waals surface area contributed by atoms with Crippen LogP contribution in [0.25, 0.3) is 0 Å². The summed E-state index contributed by atoms with van der Waals surface area (Å²) in [5, 5.41) is 0. The van der Waals surface area contributed by atoms with Crippen LogP contribution < -0.4 is 9.47 Å². The Morgan fingerprint density at radius 2 is 1.62 bits per heavy atom. The van der Waals surface area contributed by atoms with E-state index in [4.69, 9.17) is 18.9 Å². The number of benzene rings is 2. The summed E-state index contributed by atoms with van der Waals surface area (Å²) in [6, 6.07) is 13.4. The van der Waals surface area contributed by atoms with Crippen LogP contribution in [0.4, 0.5) is 0 Å². The van der Waals surface area contributed by atoms with Gasteiger partial charge in [-0.15, -0.1) is 0 Å². The maximum Gasteiger partial charge on any atom is 0.303 e. The highest BCUT2D eigenvalue weighted by atomic mass is 16.6. The average molecular weight is 398 g/mol. The minimum atomic E-state index is -0.562. The van der Waals surface area contributed by atoms with Crippen molar-refractivity contribution in [2.24, 2.45) is 5.92 Å². The first-order valence-electron chi connectivity index (χ1n) is 9.67. The van der Waals surface area contributed by atoms with E-state index < -0.39 is 24.1 Å². The van der Waals surface area contributed by atoms with Gasteiger partial charge in [0.15, 0.2) is 0 Å².